The van der Waals surface area contributed by atoms with Crippen LogP contribution in [0.3, 0.4) is 0 Å². The molecule has 0 aromatic heterocycles. The molecular formula is C6H14N2O. The van der Waals surface area contributed by atoms with Gasteiger partial charge in [-0.3, -0.25) is 10.2 Å². The van der Waals surface area contributed by atoms with Crippen LogP contribution in [0.1, 0.15) is 13.8 Å². The molecule has 1 aliphatic rings. The Labute approximate surface area is 56.0 Å². The van der Waals surface area contributed by atoms with E-state index in [1.807, 2.05) is 14.0 Å². The van der Waals surface area contributed by atoms with Crippen molar-refractivity contribution in [1.82, 2.24) is 10.2 Å². The van der Waals surface area contributed by atoms with Crippen molar-refractivity contribution in [3.05, 3.63) is 0 Å². The molecule has 3 heteroatoms. The first kappa shape index (κ1) is 6.99. The highest BCUT2D eigenvalue weighted by molar-refractivity contribution is 4.63. The third-order valence-electron chi connectivity index (χ3n) is 1.67. The molecule has 0 aromatic rings. The smallest absolute Gasteiger partial charge is 0.108 e. The molecule has 54 valence electrons. The molecule has 0 spiro atoms. The van der Waals surface area contributed by atoms with Crippen molar-refractivity contribution in [3.63, 3.8) is 0 Å². The molecule has 1 N–H and O–H groups in total. The van der Waals surface area contributed by atoms with Crippen LogP contribution in [0.5, 0.6) is 0 Å². The van der Waals surface area contributed by atoms with Gasteiger partial charge in [0.25, 0.3) is 0 Å². The molecule has 1 saturated heterocycles. The fourth-order valence-corrected chi connectivity index (χ4v) is 0.856. The number of ether oxygens (including phenoxy) is 1. The topological polar surface area (TPSA) is 24.5 Å². The maximum atomic E-state index is 5.28. The van der Waals surface area contributed by atoms with Crippen LogP contribution in [0, 0.1) is 0 Å². The summed E-state index contributed by atoms with van der Waals surface area (Å²) >= 11 is 0. The van der Waals surface area contributed by atoms with Crippen LogP contribution in [0.25, 0.3) is 0 Å². The Morgan fingerprint density at radius 1 is 1.56 bits per heavy atom. The predicted octanol–water partition coefficient (Wildman–Crippen LogP) is 0.187. The lowest BCUT2D eigenvalue weighted by Crippen LogP contribution is -2.52. The molecule has 1 fully saturated rings. The number of hydrogen-bond acceptors (Lipinski definition) is 3. The molecule has 0 aliphatic carbocycles. The summed E-state index contributed by atoms with van der Waals surface area (Å²) in [5, 5.41) is 3.23. The van der Waals surface area contributed by atoms with Crippen LogP contribution in [-0.2, 0) is 4.74 Å². The van der Waals surface area contributed by atoms with Gasteiger partial charge in [0, 0.05) is 0 Å². The average Bonchev–Trinajstić information content (AvgIpc) is 1.80. The molecule has 0 bridgehead atoms. The Morgan fingerprint density at radius 2 is 2.22 bits per heavy atom. The summed E-state index contributed by atoms with van der Waals surface area (Å²) in [6, 6.07) is 0. The molecule has 0 amide bonds. The number of rotatable bonds is 0. The van der Waals surface area contributed by atoms with Crippen LogP contribution in [-0.4, -0.2) is 31.1 Å². The van der Waals surface area contributed by atoms with Gasteiger partial charge in [0.05, 0.1) is 6.17 Å². The van der Waals surface area contributed by atoms with Crippen molar-refractivity contribution in [2.75, 3.05) is 13.8 Å². The van der Waals surface area contributed by atoms with E-state index in [4.69, 9.17) is 4.74 Å². The van der Waals surface area contributed by atoms with Crippen molar-refractivity contribution in [2.45, 2.75) is 26.2 Å². The van der Waals surface area contributed by atoms with Gasteiger partial charge in [0.2, 0.25) is 0 Å². The zero-order valence-electron chi connectivity index (χ0n) is 6.22. The Morgan fingerprint density at radius 3 is 2.67 bits per heavy atom. The van der Waals surface area contributed by atoms with Crippen molar-refractivity contribution in [2.24, 2.45) is 0 Å². The molecule has 0 aromatic carbocycles. The Balaban J connectivity index is 2.35. The van der Waals surface area contributed by atoms with Crippen LogP contribution in [0.2, 0.25) is 0 Å². The third kappa shape index (κ3) is 1.64. The second-order valence-electron chi connectivity index (χ2n) is 2.54. The van der Waals surface area contributed by atoms with Crippen molar-refractivity contribution in [3.8, 4) is 0 Å². The molecule has 2 atom stereocenters. The van der Waals surface area contributed by atoms with Gasteiger partial charge in [-0.1, -0.05) is 0 Å². The third-order valence-corrected chi connectivity index (χ3v) is 1.67. The highest BCUT2D eigenvalue weighted by Crippen LogP contribution is 2.01. The number of nitrogens with one attached hydrogen (secondary N) is 1. The van der Waals surface area contributed by atoms with E-state index in [2.05, 4.69) is 17.1 Å². The fourth-order valence-electron chi connectivity index (χ4n) is 0.856. The van der Waals surface area contributed by atoms with Crippen molar-refractivity contribution in [1.29, 1.82) is 0 Å². The van der Waals surface area contributed by atoms with Gasteiger partial charge in [-0.25, -0.2) is 0 Å². The molecule has 1 aliphatic heterocycles. The zero-order chi connectivity index (χ0) is 6.85. The second-order valence-corrected chi connectivity index (χ2v) is 2.54. The van der Waals surface area contributed by atoms with E-state index >= 15 is 0 Å². The van der Waals surface area contributed by atoms with E-state index in [0.717, 1.165) is 6.73 Å². The SMILES string of the molecule is CC1NC(C)N(C)CO1. The second kappa shape index (κ2) is 2.64. The monoisotopic (exact) mass is 130 g/mol. The van der Waals surface area contributed by atoms with E-state index in [1.165, 1.54) is 0 Å². The van der Waals surface area contributed by atoms with Gasteiger partial charge in [0.15, 0.2) is 0 Å². The lowest BCUT2D eigenvalue weighted by molar-refractivity contribution is -0.0958. The standard InChI is InChI=1S/C6H14N2O/c1-5-7-6(2)9-4-8(5)3/h5-7H,4H2,1-3H3. The predicted molar refractivity (Wildman–Crippen MR) is 35.8 cm³/mol. The van der Waals surface area contributed by atoms with Gasteiger partial charge in [-0.05, 0) is 20.9 Å². The molecule has 0 radical (unpaired) electrons. The average molecular weight is 130 g/mol. The van der Waals surface area contributed by atoms with Crippen molar-refractivity contribution >= 4 is 0 Å². The molecule has 9 heavy (non-hydrogen) atoms. The van der Waals surface area contributed by atoms with Gasteiger partial charge >= 0.3 is 0 Å². The quantitative estimate of drug-likeness (QED) is 0.506. The van der Waals surface area contributed by atoms with Crippen LogP contribution >= 0.6 is 0 Å². The Bertz CT molecular complexity index is 97.1. The normalized spacial score (nSPS) is 39.0. The van der Waals surface area contributed by atoms with E-state index in [0.29, 0.717) is 6.17 Å². The minimum Gasteiger partial charge on any atom is -0.348 e. The summed E-state index contributed by atoms with van der Waals surface area (Å²) in [4.78, 5) is 2.11. The lowest BCUT2D eigenvalue weighted by Gasteiger charge is -2.34. The summed E-state index contributed by atoms with van der Waals surface area (Å²) in [5.74, 6) is 0. The number of nitrogens with zero attached hydrogens (tertiary/aromatic N) is 1. The lowest BCUT2D eigenvalue weighted by atomic mass is 10.4. The van der Waals surface area contributed by atoms with Crippen LogP contribution < -0.4 is 5.32 Å². The summed E-state index contributed by atoms with van der Waals surface area (Å²) < 4.78 is 5.28. The summed E-state index contributed by atoms with van der Waals surface area (Å²) in [6.45, 7) is 4.87. The van der Waals surface area contributed by atoms with Gasteiger partial charge < -0.3 is 4.74 Å². The summed E-state index contributed by atoms with van der Waals surface area (Å²) in [7, 11) is 2.03. The zero-order valence-corrected chi connectivity index (χ0v) is 6.22. The van der Waals surface area contributed by atoms with Gasteiger partial charge in [-0.2, -0.15) is 0 Å². The van der Waals surface area contributed by atoms with Gasteiger partial charge in [0.1, 0.15) is 13.0 Å². The molecule has 1 heterocycles. The summed E-state index contributed by atoms with van der Waals surface area (Å²) in [6.07, 6.45) is 0.643. The summed E-state index contributed by atoms with van der Waals surface area (Å²) in [5.41, 5.74) is 0. The first-order valence-electron chi connectivity index (χ1n) is 3.28. The van der Waals surface area contributed by atoms with Crippen LogP contribution in [0.4, 0.5) is 0 Å². The fraction of sp³-hybridized carbons (Fsp3) is 1.00. The Kier molecular flexibility index (Phi) is 2.05. The minimum absolute atomic E-state index is 0.205. The molecule has 3 nitrogen and oxygen atoms in total. The highest BCUT2D eigenvalue weighted by Gasteiger charge is 2.17. The molecule has 1 rings (SSSR count). The van der Waals surface area contributed by atoms with E-state index in [9.17, 15) is 0 Å². The van der Waals surface area contributed by atoms with Gasteiger partial charge in [-0.15, -0.1) is 0 Å². The first-order chi connectivity index (χ1) is 4.20. The largest absolute Gasteiger partial charge is 0.348 e. The highest BCUT2D eigenvalue weighted by atomic mass is 16.5. The van der Waals surface area contributed by atoms with E-state index < -0.39 is 0 Å². The van der Waals surface area contributed by atoms with Crippen molar-refractivity contribution < 1.29 is 4.74 Å². The first-order valence-corrected chi connectivity index (χ1v) is 3.28. The van der Waals surface area contributed by atoms with Crippen LogP contribution in [0.15, 0.2) is 0 Å². The Hall–Kier alpha value is -0.120. The minimum atomic E-state index is 0.205. The maximum absolute atomic E-state index is 5.28. The molecular weight excluding hydrogens is 116 g/mol. The molecule has 2 unspecified atom stereocenters. The number of hydrogen-bond donors (Lipinski definition) is 1. The maximum Gasteiger partial charge on any atom is 0.108 e. The van der Waals surface area contributed by atoms with E-state index in [1.54, 1.807) is 0 Å². The molecule has 0 saturated carbocycles. The van der Waals surface area contributed by atoms with E-state index in [-0.39, 0.29) is 6.23 Å².